The highest BCUT2D eigenvalue weighted by Crippen LogP contribution is 2.40. The van der Waals surface area contributed by atoms with Crippen LogP contribution in [0.2, 0.25) is 0 Å². The fraction of sp³-hybridized carbons (Fsp3) is 0.600. The smallest absolute Gasteiger partial charge is 0.407 e. The Bertz CT molecular complexity index is 906. The minimum Gasteiger partial charge on any atom is -0.465 e. The lowest BCUT2D eigenvalue weighted by Gasteiger charge is -2.30. The highest BCUT2D eigenvalue weighted by molar-refractivity contribution is 7.89. The molecule has 1 saturated heterocycles. The standard InChI is InChI=1S/C20H28FN3O5S/c1-12(2)18(23(3)20(26)27)19(25)22-17-9-4-13-10-24(11-16(13)17)30(28,29)15-7-5-14(21)6-8-15/h5-8,12-13,16-18H,4,9-11H2,1-3H3,(H,22,25)(H,26,27)/t13-,16+,17+,18?/m0/s1. The van der Waals surface area contributed by atoms with Crippen LogP contribution in [0.25, 0.3) is 0 Å². The van der Waals surface area contributed by atoms with Crippen LogP contribution in [0.5, 0.6) is 0 Å². The zero-order valence-corrected chi connectivity index (χ0v) is 18.1. The first kappa shape index (κ1) is 22.5. The van der Waals surface area contributed by atoms with E-state index >= 15 is 0 Å². The molecule has 2 fully saturated rings. The molecule has 8 nitrogen and oxygen atoms in total. The summed E-state index contributed by atoms with van der Waals surface area (Å²) >= 11 is 0. The molecule has 1 saturated carbocycles. The van der Waals surface area contributed by atoms with Gasteiger partial charge in [-0.25, -0.2) is 17.6 Å². The van der Waals surface area contributed by atoms with E-state index in [1.54, 1.807) is 13.8 Å². The Hall–Kier alpha value is -2.20. The molecule has 166 valence electrons. The highest BCUT2D eigenvalue weighted by atomic mass is 32.2. The lowest BCUT2D eigenvalue weighted by molar-refractivity contribution is -0.127. The third kappa shape index (κ3) is 4.29. The van der Waals surface area contributed by atoms with Gasteiger partial charge in [0.15, 0.2) is 0 Å². The van der Waals surface area contributed by atoms with Gasteiger partial charge in [-0.05, 0) is 54.9 Å². The molecule has 30 heavy (non-hydrogen) atoms. The topological polar surface area (TPSA) is 107 Å². The van der Waals surface area contributed by atoms with Gasteiger partial charge in [0.05, 0.1) is 4.90 Å². The molecule has 3 rings (SSSR count). The van der Waals surface area contributed by atoms with Crippen molar-refractivity contribution in [2.75, 3.05) is 20.1 Å². The zero-order valence-electron chi connectivity index (χ0n) is 17.3. The summed E-state index contributed by atoms with van der Waals surface area (Å²) in [5.41, 5.74) is 0. The molecule has 1 aliphatic heterocycles. The first-order valence-corrected chi connectivity index (χ1v) is 11.5. The second-order valence-corrected chi connectivity index (χ2v) is 10.4. The van der Waals surface area contributed by atoms with E-state index in [1.165, 1.54) is 23.5 Å². The van der Waals surface area contributed by atoms with Crippen LogP contribution in [0.3, 0.4) is 0 Å². The van der Waals surface area contributed by atoms with Gasteiger partial charge in [-0.1, -0.05) is 13.8 Å². The molecule has 0 spiro atoms. The molecule has 1 unspecified atom stereocenters. The summed E-state index contributed by atoms with van der Waals surface area (Å²) < 4.78 is 40.4. The van der Waals surface area contributed by atoms with E-state index < -0.39 is 28.0 Å². The van der Waals surface area contributed by atoms with Crippen molar-refractivity contribution in [3.63, 3.8) is 0 Å². The molecular formula is C20H28FN3O5S. The Balaban J connectivity index is 1.70. The number of hydrogen-bond donors (Lipinski definition) is 2. The van der Waals surface area contributed by atoms with Gasteiger partial charge in [0, 0.05) is 26.2 Å². The Kier molecular flexibility index (Phi) is 6.37. The van der Waals surface area contributed by atoms with E-state index in [2.05, 4.69) is 5.32 Å². The Morgan fingerprint density at radius 2 is 1.83 bits per heavy atom. The predicted octanol–water partition coefficient (Wildman–Crippen LogP) is 1.98. The summed E-state index contributed by atoms with van der Waals surface area (Å²) in [6.07, 6.45) is 0.338. The number of halogens is 1. The Labute approximate surface area is 176 Å². The minimum atomic E-state index is -3.74. The number of carbonyl (C=O) groups is 2. The van der Waals surface area contributed by atoms with Crippen LogP contribution in [-0.4, -0.2) is 67.0 Å². The molecule has 4 atom stereocenters. The number of carboxylic acid groups (broad SMARTS) is 1. The van der Waals surface area contributed by atoms with E-state index in [4.69, 9.17) is 0 Å². The number of likely N-dealkylation sites (N-methyl/N-ethyl adjacent to an activating group) is 1. The molecule has 1 aromatic rings. The first-order valence-electron chi connectivity index (χ1n) is 10.0. The number of nitrogens with zero attached hydrogens (tertiary/aromatic N) is 2. The van der Waals surface area contributed by atoms with Crippen LogP contribution in [0.4, 0.5) is 9.18 Å². The summed E-state index contributed by atoms with van der Waals surface area (Å²) in [4.78, 5) is 25.2. The van der Waals surface area contributed by atoms with Crippen molar-refractivity contribution < 1.29 is 27.5 Å². The monoisotopic (exact) mass is 441 g/mol. The van der Waals surface area contributed by atoms with Crippen molar-refractivity contribution >= 4 is 22.0 Å². The summed E-state index contributed by atoms with van der Waals surface area (Å²) in [6.45, 7) is 4.21. The van der Waals surface area contributed by atoms with E-state index in [0.29, 0.717) is 6.54 Å². The number of benzene rings is 1. The van der Waals surface area contributed by atoms with Crippen LogP contribution in [-0.2, 0) is 14.8 Å². The SMILES string of the molecule is CC(C)C(C(=O)N[C@@H]1CC[C@H]2CN(S(=O)(=O)c3ccc(F)cc3)C[C@H]21)N(C)C(=O)O. The number of sulfonamides is 1. The summed E-state index contributed by atoms with van der Waals surface area (Å²) in [6, 6.07) is 3.73. The summed E-state index contributed by atoms with van der Waals surface area (Å²) in [7, 11) is -2.36. The maximum atomic E-state index is 13.2. The number of hydrogen-bond acceptors (Lipinski definition) is 4. The zero-order chi connectivity index (χ0) is 22.2. The van der Waals surface area contributed by atoms with Gasteiger partial charge in [-0.15, -0.1) is 0 Å². The molecule has 1 aromatic carbocycles. The Morgan fingerprint density at radius 1 is 1.20 bits per heavy atom. The largest absolute Gasteiger partial charge is 0.465 e. The lowest BCUT2D eigenvalue weighted by atomic mass is 9.96. The lowest BCUT2D eigenvalue weighted by Crippen LogP contribution is -2.53. The van der Waals surface area contributed by atoms with Crippen LogP contribution >= 0.6 is 0 Å². The van der Waals surface area contributed by atoms with Crippen molar-refractivity contribution in [3.8, 4) is 0 Å². The predicted molar refractivity (Wildman–Crippen MR) is 108 cm³/mol. The Morgan fingerprint density at radius 3 is 2.40 bits per heavy atom. The summed E-state index contributed by atoms with van der Waals surface area (Å²) in [5, 5.41) is 12.2. The van der Waals surface area contributed by atoms with E-state index in [-0.39, 0.29) is 41.1 Å². The number of fused-ring (bicyclic) bond motifs is 1. The average Bonchev–Trinajstić information content (AvgIpc) is 3.24. The van der Waals surface area contributed by atoms with Crippen molar-refractivity contribution in [2.24, 2.45) is 17.8 Å². The van der Waals surface area contributed by atoms with E-state index in [0.717, 1.165) is 29.9 Å². The van der Waals surface area contributed by atoms with Gasteiger partial charge in [0.25, 0.3) is 0 Å². The molecule has 0 aromatic heterocycles. The second kappa shape index (κ2) is 8.50. The van der Waals surface area contributed by atoms with Crippen LogP contribution in [0, 0.1) is 23.6 Å². The van der Waals surface area contributed by atoms with Gasteiger partial charge in [0.1, 0.15) is 11.9 Å². The van der Waals surface area contributed by atoms with Crippen LogP contribution in [0.1, 0.15) is 26.7 Å². The number of nitrogens with one attached hydrogen (secondary N) is 1. The molecule has 0 radical (unpaired) electrons. The van der Waals surface area contributed by atoms with Crippen molar-refractivity contribution in [1.29, 1.82) is 0 Å². The van der Waals surface area contributed by atoms with E-state index in [1.807, 2.05) is 0 Å². The molecule has 1 heterocycles. The second-order valence-electron chi connectivity index (χ2n) is 8.47. The molecule has 2 N–H and O–H groups in total. The highest BCUT2D eigenvalue weighted by Gasteiger charge is 2.47. The molecule has 2 amide bonds. The third-order valence-electron chi connectivity index (χ3n) is 6.22. The van der Waals surface area contributed by atoms with Crippen molar-refractivity contribution in [2.45, 2.75) is 43.7 Å². The number of carbonyl (C=O) groups excluding carboxylic acids is 1. The van der Waals surface area contributed by atoms with Gasteiger partial charge in [0.2, 0.25) is 15.9 Å². The normalized spacial score (nSPS) is 25.2. The van der Waals surface area contributed by atoms with Gasteiger partial charge in [-0.3, -0.25) is 9.69 Å². The molecule has 0 bridgehead atoms. The van der Waals surface area contributed by atoms with Gasteiger partial charge >= 0.3 is 6.09 Å². The molecule has 1 aliphatic carbocycles. The third-order valence-corrected chi connectivity index (χ3v) is 8.07. The minimum absolute atomic E-state index is 0.0351. The maximum absolute atomic E-state index is 13.2. The van der Waals surface area contributed by atoms with Crippen LogP contribution < -0.4 is 5.32 Å². The number of amides is 2. The van der Waals surface area contributed by atoms with Crippen molar-refractivity contribution in [3.05, 3.63) is 30.1 Å². The average molecular weight is 442 g/mol. The van der Waals surface area contributed by atoms with Gasteiger partial charge in [-0.2, -0.15) is 4.31 Å². The first-order chi connectivity index (χ1) is 14.0. The molecule has 10 heteroatoms. The molecular weight excluding hydrogens is 413 g/mol. The van der Waals surface area contributed by atoms with Crippen molar-refractivity contribution in [1.82, 2.24) is 14.5 Å². The summed E-state index contributed by atoms with van der Waals surface area (Å²) in [5.74, 6) is -0.976. The van der Waals surface area contributed by atoms with Gasteiger partial charge < -0.3 is 10.4 Å². The fourth-order valence-electron chi connectivity index (χ4n) is 4.67. The maximum Gasteiger partial charge on any atom is 0.407 e. The number of rotatable bonds is 6. The van der Waals surface area contributed by atoms with Crippen LogP contribution in [0.15, 0.2) is 29.2 Å². The van der Waals surface area contributed by atoms with E-state index in [9.17, 15) is 27.5 Å². The quantitative estimate of drug-likeness (QED) is 0.702. The molecule has 2 aliphatic rings. The fourth-order valence-corrected chi connectivity index (χ4v) is 6.20.